The molecule has 20 heavy (non-hydrogen) atoms. The van der Waals surface area contributed by atoms with Gasteiger partial charge in [-0.05, 0) is 30.7 Å². The van der Waals surface area contributed by atoms with E-state index in [1.54, 1.807) is 18.3 Å². The maximum Gasteiger partial charge on any atom is 0.123 e. The SMILES string of the molecule is CC(N)(c1ccc(F)cc1)c1cccc2cccnc12. The maximum absolute atomic E-state index is 13.1. The Morgan fingerprint density at radius 1 is 1.00 bits per heavy atom. The van der Waals surface area contributed by atoms with Crippen LogP contribution in [0.1, 0.15) is 18.1 Å². The number of halogens is 1. The van der Waals surface area contributed by atoms with Crippen LogP contribution in [0.5, 0.6) is 0 Å². The van der Waals surface area contributed by atoms with E-state index in [-0.39, 0.29) is 5.82 Å². The van der Waals surface area contributed by atoms with Gasteiger partial charge in [-0.3, -0.25) is 4.98 Å². The van der Waals surface area contributed by atoms with Crippen molar-refractivity contribution in [1.82, 2.24) is 4.98 Å². The second kappa shape index (κ2) is 4.69. The van der Waals surface area contributed by atoms with Gasteiger partial charge in [-0.25, -0.2) is 4.39 Å². The smallest absolute Gasteiger partial charge is 0.123 e. The van der Waals surface area contributed by atoms with E-state index in [4.69, 9.17) is 5.73 Å². The highest BCUT2D eigenvalue weighted by Gasteiger charge is 2.26. The van der Waals surface area contributed by atoms with Gasteiger partial charge < -0.3 is 5.73 Å². The molecule has 0 aliphatic rings. The minimum atomic E-state index is -0.721. The Hall–Kier alpha value is -2.26. The molecule has 3 heteroatoms. The molecule has 3 aromatic rings. The van der Waals surface area contributed by atoms with Crippen LogP contribution in [0, 0.1) is 5.82 Å². The molecule has 0 spiro atoms. The van der Waals surface area contributed by atoms with Crippen molar-refractivity contribution >= 4 is 10.9 Å². The fraction of sp³-hybridized carbons (Fsp3) is 0.118. The number of nitrogens with two attached hydrogens (primary N) is 1. The minimum absolute atomic E-state index is 0.263. The Bertz CT molecular complexity index is 743. The quantitative estimate of drug-likeness (QED) is 0.769. The first kappa shape index (κ1) is 12.8. The molecule has 0 bridgehead atoms. The van der Waals surface area contributed by atoms with E-state index >= 15 is 0 Å². The van der Waals surface area contributed by atoms with Crippen molar-refractivity contribution < 1.29 is 4.39 Å². The summed E-state index contributed by atoms with van der Waals surface area (Å²) in [5, 5.41) is 1.05. The molecule has 0 saturated carbocycles. The van der Waals surface area contributed by atoms with Gasteiger partial charge in [0.15, 0.2) is 0 Å². The first-order valence-corrected chi connectivity index (χ1v) is 6.48. The van der Waals surface area contributed by atoms with Crippen molar-refractivity contribution in [2.75, 3.05) is 0 Å². The molecule has 0 amide bonds. The summed E-state index contributed by atoms with van der Waals surface area (Å²) in [6, 6.07) is 16.1. The highest BCUT2D eigenvalue weighted by atomic mass is 19.1. The summed E-state index contributed by atoms with van der Waals surface area (Å²) >= 11 is 0. The van der Waals surface area contributed by atoms with E-state index < -0.39 is 5.54 Å². The molecule has 1 aromatic heterocycles. The van der Waals surface area contributed by atoms with Crippen molar-refractivity contribution in [3.8, 4) is 0 Å². The molecule has 2 aromatic carbocycles. The molecule has 0 radical (unpaired) electrons. The third kappa shape index (κ3) is 2.06. The van der Waals surface area contributed by atoms with Crippen molar-refractivity contribution in [3.63, 3.8) is 0 Å². The Kier molecular flexibility index (Phi) is 2.99. The topological polar surface area (TPSA) is 38.9 Å². The molecule has 2 nitrogen and oxygen atoms in total. The van der Waals surface area contributed by atoms with E-state index in [2.05, 4.69) is 4.98 Å². The average Bonchev–Trinajstić information content (AvgIpc) is 2.47. The monoisotopic (exact) mass is 266 g/mol. The summed E-state index contributed by atoms with van der Waals surface area (Å²) in [7, 11) is 0. The molecule has 2 N–H and O–H groups in total. The second-order valence-electron chi connectivity index (χ2n) is 5.09. The van der Waals surface area contributed by atoms with Gasteiger partial charge in [-0.1, -0.05) is 36.4 Å². The van der Waals surface area contributed by atoms with Gasteiger partial charge >= 0.3 is 0 Å². The van der Waals surface area contributed by atoms with Crippen LogP contribution >= 0.6 is 0 Å². The van der Waals surface area contributed by atoms with Crippen molar-refractivity contribution in [2.24, 2.45) is 5.73 Å². The van der Waals surface area contributed by atoms with E-state index in [9.17, 15) is 4.39 Å². The largest absolute Gasteiger partial charge is 0.318 e. The predicted octanol–water partition coefficient (Wildman–Crippen LogP) is 3.60. The van der Waals surface area contributed by atoms with E-state index in [1.165, 1.54) is 12.1 Å². The van der Waals surface area contributed by atoms with E-state index in [0.29, 0.717) is 0 Å². The lowest BCUT2D eigenvalue weighted by Crippen LogP contribution is -2.34. The lowest BCUT2D eigenvalue weighted by atomic mass is 9.84. The molecular formula is C17H15FN2. The van der Waals surface area contributed by atoms with Crippen LogP contribution in [0.2, 0.25) is 0 Å². The number of rotatable bonds is 2. The Morgan fingerprint density at radius 2 is 1.70 bits per heavy atom. The molecule has 100 valence electrons. The number of hydrogen-bond acceptors (Lipinski definition) is 2. The van der Waals surface area contributed by atoms with Gasteiger partial charge in [0.25, 0.3) is 0 Å². The number of benzene rings is 2. The molecule has 1 heterocycles. The number of fused-ring (bicyclic) bond motifs is 1. The molecule has 0 saturated heterocycles. The zero-order valence-corrected chi connectivity index (χ0v) is 11.2. The van der Waals surface area contributed by atoms with Crippen LogP contribution in [0.3, 0.4) is 0 Å². The summed E-state index contributed by atoms with van der Waals surface area (Å²) in [6.45, 7) is 1.92. The molecule has 1 unspecified atom stereocenters. The van der Waals surface area contributed by atoms with E-state index in [1.807, 2.05) is 37.3 Å². The highest BCUT2D eigenvalue weighted by Crippen LogP contribution is 2.31. The van der Waals surface area contributed by atoms with Crippen LogP contribution in [-0.4, -0.2) is 4.98 Å². The van der Waals surface area contributed by atoms with Crippen LogP contribution in [0.15, 0.2) is 60.8 Å². The summed E-state index contributed by atoms with van der Waals surface area (Å²) in [5.74, 6) is -0.263. The van der Waals surface area contributed by atoms with Gasteiger partial charge in [0, 0.05) is 17.1 Å². The lowest BCUT2D eigenvalue weighted by Gasteiger charge is -2.27. The van der Waals surface area contributed by atoms with Gasteiger partial charge in [0.2, 0.25) is 0 Å². The fourth-order valence-electron chi connectivity index (χ4n) is 2.47. The Morgan fingerprint density at radius 3 is 2.45 bits per heavy atom. The molecule has 0 aliphatic carbocycles. The third-order valence-corrected chi connectivity index (χ3v) is 3.64. The average molecular weight is 266 g/mol. The predicted molar refractivity (Wildman–Crippen MR) is 78.8 cm³/mol. The molecule has 0 fully saturated rings. The molecule has 1 atom stereocenters. The Labute approximate surface area is 117 Å². The number of hydrogen-bond donors (Lipinski definition) is 1. The molecule has 3 rings (SSSR count). The first-order chi connectivity index (χ1) is 9.59. The summed E-state index contributed by atoms with van der Waals surface area (Å²) in [5.41, 5.74) is 8.46. The van der Waals surface area contributed by atoms with Gasteiger partial charge in [0.1, 0.15) is 5.82 Å². The molecular weight excluding hydrogens is 251 g/mol. The van der Waals surface area contributed by atoms with Crippen LogP contribution in [0.4, 0.5) is 4.39 Å². The normalized spacial score (nSPS) is 14.2. The number of aromatic nitrogens is 1. The summed E-state index contributed by atoms with van der Waals surface area (Å²) in [6.07, 6.45) is 1.76. The highest BCUT2D eigenvalue weighted by molar-refractivity contribution is 5.83. The number of para-hydroxylation sites is 1. The van der Waals surface area contributed by atoms with Crippen molar-refractivity contribution in [2.45, 2.75) is 12.5 Å². The zero-order chi connectivity index (χ0) is 14.2. The van der Waals surface area contributed by atoms with E-state index in [0.717, 1.165) is 22.0 Å². The zero-order valence-electron chi connectivity index (χ0n) is 11.2. The van der Waals surface area contributed by atoms with Gasteiger partial charge in [-0.15, -0.1) is 0 Å². The standard InChI is InChI=1S/C17H15FN2/c1-17(19,13-7-9-14(18)10-8-13)15-6-2-4-12-5-3-11-20-16(12)15/h2-11H,19H2,1H3. The van der Waals surface area contributed by atoms with Crippen LogP contribution in [0.25, 0.3) is 10.9 Å². The maximum atomic E-state index is 13.1. The Balaban J connectivity index is 2.20. The van der Waals surface area contributed by atoms with Crippen molar-refractivity contribution in [3.05, 3.63) is 77.7 Å². The van der Waals surface area contributed by atoms with Crippen LogP contribution in [-0.2, 0) is 5.54 Å². The third-order valence-electron chi connectivity index (χ3n) is 3.64. The number of pyridine rings is 1. The first-order valence-electron chi connectivity index (χ1n) is 6.48. The summed E-state index contributed by atoms with van der Waals surface area (Å²) in [4.78, 5) is 4.44. The number of nitrogens with zero attached hydrogens (tertiary/aromatic N) is 1. The second-order valence-corrected chi connectivity index (χ2v) is 5.09. The summed E-state index contributed by atoms with van der Waals surface area (Å²) < 4.78 is 13.1. The van der Waals surface area contributed by atoms with Crippen molar-refractivity contribution in [1.29, 1.82) is 0 Å². The van der Waals surface area contributed by atoms with Gasteiger partial charge in [-0.2, -0.15) is 0 Å². The lowest BCUT2D eigenvalue weighted by molar-refractivity contribution is 0.596. The fourth-order valence-corrected chi connectivity index (χ4v) is 2.47. The minimum Gasteiger partial charge on any atom is -0.318 e. The molecule has 0 aliphatic heterocycles. The van der Waals surface area contributed by atoms with Crippen LogP contribution < -0.4 is 5.73 Å². The van der Waals surface area contributed by atoms with Gasteiger partial charge in [0.05, 0.1) is 11.1 Å².